The van der Waals surface area contributed by atoms with E-state index in [0.717, 1.165) is 11.8 Å². The monoisotopic (exact) mass is 345 g/mol. The lowest BCUT2D eigenvalue weighted by Gasteiger charge is -2.20. The average molecular weight is 345 g/mol. The van der Waals surface area contributed by atoms with Crippen molar-refractivity contribution in [1.82, 2.24) is 4.31 Å². The summed E-state index contributed by atoms with van der Waals surface area (Å²) in [7, 11) is -6.84. The summed E-state index contributed by atoms with van der Waals surface area (Å²) >= 11 is 0. The second kappa shape index (κ2) is 5.62. The highest BCUT2D eigenvalue weighted by molar-refractivity contribution is 7.91. The molecule has 0 saturated carbocycles. The van der Waals surface area contributed by atoms with Gasteiger partial charge in [0.2, 0.25) is 10.0 Å². The lowest BCUT2D eigenvalue weighted by atomic mass is 9.87. The first kappa shape index (κ1) is 17.4. The van der Waals surface area contributed by atoms with Crippen LogP contribution in [0.1, 0.15) is 32.8 Å². The van der Waals surface area contributed by atoms with Gasteiger partial charge in [-0.05, 0) is 29.5 Å². The predicted molar refractivity (Wildman–Crippen MR) is 87.1 cm³/mol. The summed E-state index contributed by atoms with van der Waals surface area (Å²) in [6.07, 6.45) is 1.52. The Labute approximate surface area is 133 Å². The summed E-state index contributed by atoms with van der Waals surface area (Å²) in [5.74, 6) is 0. The smallest absolute Gasteiger partial charge is 0.229 e. The van der Waals surface area contributed by atoms with Crippen LogP contribution >= 0.6 is 0 Å². The number of rotatable bonds is 3. The first-order valence-corrected chi connectivity index (χ1v) is 10.6. The fourth-order valence-electron chi connectivity index (χ4n) is 2.54. The molecular weight excluding hydrogens is 322 g/mol. The Bertz CT molecular complexity index is 744. The first-order valence-electron chi connectivity index (χ1n) is 7.22. The van der Waals surface area contributed by atoms with E-state index in [4.69, 9.17) is 0 Å². The molecule has 1 aliphatic rings. The molecule has 0 aromatic heterocycles. The molecule has 7 heteroatoms. The number of hydrogen-bond donors (Lipinski definition) is 0. The summed E-state index contributed by atoms with van der Waals surface area (Å²) in [6.45, 7) is 6.48. The van der Waals surface area contributed by atoms with Gasteiger partial charge >= 0.3 is 0 Å². The SMILES string of the molecule is CC(C)(C)c1ccc(S(=O)(=O)N2CC[C@H](S(C)(=O)=O)C2)cc1. The third-order valence-electron chi connectivity index (χ3n) is 4.07. The maximum Gasteiger partial charge on any atom is 0.243 e. The summed E-state index contributed by atoms with van der Waals surface area (Å²) in [6, 6.07) is 6.83. The van der Waals surface area contributed by atoms with Crippen LogP contribution in [0, 0.1) is 0 Å². The van der Waals surface area contributed by atoms with E-state index in [-0.39, 0.29) is 23.4 Å². The van der Waals surface area contributed by atoms with Crippen LogP contribution in [0.4, 0.5) is 0 Å². The highest BCUT2D eigenvalue weighted by Crippen LogP contribution is 2.27. The zero-order valence-electron chi connectivity index (χ0n) is 13.4. The van der Waals surface area contributed by atoms with Crippen molar-refractivity contribution in [3.05, 3.63) is 29.8 Å². The first-order chi connectivity index (χ1) is 9.92. The van der Waals surface area contributed by atoms with Crippen LogP contribution in [0.25, 0.3) is 0 Å². The van der Waals surface area contributed by atoms with Crippen molar-refractivity contribution in [2.24, 2.45) is 0 Å². The van der Waals surface area contributed by atoms with Gasteiger partial charge < -0.3 is 0 Å². The Kier molecular flexibility index (Phi) is 4.45. The molecule has 0 aliphatic carbocycles. The van der Waals surface area contributed by atoms with E-state index in [1.54, 1.807) is 12.1 Å². The van der Waals surface area contributed by atoms with Crippen LogP contribution in [0.3, 0.4) is 0 Å². The summed E-state index contributed by atoms with van der Waals surface area (Å²) in [4.78, 5) is 0.217. The average Bonchev–Trinajstić information content (AvgIpc) is 2.88. The van der Waals surface area contributed by atoms with Gasteiger partial charge in [0, 0.05) is 19.3 Å². The molecular formula is C15H23NO4S2. The van der Waals surface area contributed by atoms with Crippen LogP contribution in [-0.2, 0) is 25.3 Å². The van der Waals surface area contributed by atoms with Crippen LogP contribution in [0.15, 0.2) is 29.2 Å². The summed E-state index contributed by atoms with van der Waals surface area (Å²) in [5.41, 5.74) is 1.01. The standard InChI is InChI=1S/C15H23NO4S2/c1-15(2,3)12-5-7-13(8-6-12)22(19,20)16-10-9-14(11-16)21(4,17)18/h5-8,14H,9-11H2,1-4H3/t14-/m0/s1. The molecule has 0 unspecified atom stereocenters. The van der Waals surface area contributed by atoms with Crippen LogP contribution in [-0.4, -0.2) is 45.7 Å². The molecule has 1 saturated heterocycles. The molecule has 22 heavy (non-hydrogen) atoms. The van der Waals surface area contributed by atoms with E-state index < -0.39 is 25.1 Å². The van der Waals surface area contributed by atoms with Gasteiger partial charge in [-0.25, -0.2) is 16.8 Å². The van der Waals surface area contributed by atoms with Gasteiger partial charge in [-0.3, -0.25) is 0 Å². The molecule has 0 bridgehead atoms. The van der Waals surface area contributed by atoms with Crippen molar-refractivity contribution in [3.8, 4) is 0 Å². The third-order valence-corrected chi connectivity index (χ3v) is 7.55. The molecule has 1 aromatic carbocycles. The molecule has 0 N–H and O–H groups in total. The Balaban J connectivity index is 2.25. The van der Waals surface area contributed by atoms with E-state index >= 15 is 0 Å². The number of nitrogens with zero attached hydrogens (tertiary/aromatic N) is 1. The zero-order valence-corrected chi connectivity index (χ0v) is 15.0. The van der Waals surface area contributed by atoms with E-state index in [0.29, 0.717) is 6.42 Å². The molecule has 0 amide bonds. The van der Waals surface area contributed by atoms with Gasteiger partial charge in [0.05, 0.1) is 10.1 Å². The van der Waals surface area contributed by atoms with Gasteiger partial charge in [0.1, 0.15) is 0 Å². The summed E-state index contributed by atoms with van der Waals surface area (Å²) in [5, 5.41) is -0.601. The zero-order chi connectivity index (χ0) is 16.8. The van der Waals surface area contributed by atoms with Gasteiger partial charge in [0.15, 0.2) is 9.84 Å². The normalized spacial score (nSPS) is 21.2. The molecule has 0 spiro atoms. The highest BCUT2D eigenvalue weighted by Gasteiger charge is 2.37. The largest absolute Gasteiger partial charge is 0.243 e. The lowest BCUT2D eigenvalue weighted by molar-refractivity contribution is 0.476. The number of sulfonamides is 1. The minimum Gasteiger partial charge on any atom is -0.229 e. The molecule has 1 atom stereocenters. The Hall–Kier alpha value is -0.920. The van der Waals surface area contributed by atoms with Crippen molar-refractivity contribution in [1.29, 1.82) is 0 Å². The number of sulfone groups is 1. The van der Waals surface area contributed by atoms with Crippen molar-refractivity contribution < 1.29 is 16.8 Å². The maximum atomic E-state index is 12.6. The molecule has 2 rings (SSSR count). The topological polar surface area (TPSA) is 71.5 Å². The Morgan fingerprint density at radius 3 is 2.00 bits per heavy atom. The van der Waals surface area contributed by atoms with Gasteiger partial charge in [-0.15, -0.1) is 0 Å². The maximum absolute atomic E-state index is 12.6. The second-order valence-corrected chi connectivity index (χ2v) is 11.1. The fraction of sp³-hybridized carbons (Fsp3) is 0.600. The predicted octanol–water partition coefficient (Wildman–Crippen LogP) is 1.79. The van der Waals surface area contributed by atoms with Gasteiger partial charge in [-0.1, -0.05) is 32.9 Å². The summed E-state index contributed by atoms with van der Waals surface area (Å²) < 4.78 is 49.6. The lowest BCUT2D eigenvalue weighted by Crippen LogP contribution is -2.31. The Morgan fingerprint density at radius 1 is 1.05 bits per heavy atom. The van der Waals surface area contributed by atoms with Crippen LogP contribution in [0.2, 0.25) is 0 Å². The number of benzene rings is 1. The minimum atomic E-state index is -3.63. The van der Waals surface area contributed by atoms with Crippen LogP contribution in [0.5, 0.6) is 0 Å². The number of hydrogen-bond acceptors (Lipinski definition) is 4. The molecule has 5 nitrogen and oxygen atoms in total. The van der Waals surface area contributed by atoms with Gasteiger partial charge in [0.25, 0.3) is 0 Å². The van der Waals surface area contributed by atoms with E-state index in [9.17, 15) is 16.8 Å². The molecule has 1 aromatic rings. The van der Waals surface area contributed by atoms with E-state index in [1.807, 2.05) is 12.1 Å². The van der Waals surface area contributed by atoms with Crippen molar-refractivity contribution in [2.75, 3.05) is 19.3 Å². The van der Waals surface area contributed by atoms with Crippen LogP contribution < -0.4 is 0 Å². The quantitative estimate of drug-likeness (QED) is 0.837. The minimum absolute atomic E-state index is 0.0438. The molecule has 1 aliphatic heterocycles. The fourth-order valence-corrected chi connectivity index (χ4v) is 5.12. The van der Waals surface area contributed by atoms with Crippen molar-refractivity contribution in [3.63, 3.8) is 0 Å². The highest BCUT2D eigenvalue weighted by atomic mass is 32.2. The molecule has 124 valence electrons. The molecule has 1 fully saturated rings. The molecule has 1 heterocycles. The second-order valence-electron chi connectivity index (χ2n) is 6.88. The van der Waals surface area contributed by atoms with Crippen molar-refractivity contribution >= 4 is 19.9 Å². The van der Waals surface area contributed by atoms with E-state index in [2.05, 4.69) is 20.8 Å². The van der Waals surface area contributed by atoms with Gasteiger partial charge in [-0.2, -0.15) is 4.31 Å². The van der Waals surface area contributed by atoms with E-state index in [1.165, 1.54) is 4.31 Å². The molecule has 0 radical (unpaired) electrons. The Morgan fingerprint density at radius 2 is 1.59 bits per heavy atom. The van der Waals surface area contributed by atoms with Crippen molar-refractivity contribution in [2.45, 2.75) is 42.8 Å². The third kappa shape index (κ3) is 3.52.